The molecule has 1 saturated carbocycles. The second kappa shape index (κ2) is 4.47. The molecule has 1 fully saturated rings. The maximum Gasteiger partial charge on any atom is 0.0697 e. The van der Waals surface area contributed by atoms with Crippen LogP contribution >= 0.6 is 15.9 Å². The van der Waals surface area contributed by atoms with Crippen molar-refractivity contribution in [3.8, 4) is 0 Å². The zero-order chi connectivity index (χ0) is 11.8. The highest BCUT2D eigenvalue weighted by Crippen LogP contribution is 2.41. The van der Waals surface area contributed by atoms with Gasteiger partial charge < -0.3 is 10.5 Å². The van der Waals surface area contributed by atoms with E-state index in [0.717, 1.165) is 29.4 Å². The Morgan fingerprint density at radius 1 is 1.69 bits per heavy atom. The van der Waals surface area contributed by atoms with Crippen LogP contribution in [-0.2, 0) is 11.8 Å². The molecule has 0 aromatic carbocycles. The molecular formula is C11H18BrN3O. The van der Waals surface area contributed by atoms with Crippen molar-refractivity contribution in [2.24, 2.45) is 12.8 Å². The fourth-order valence-corrected chi connectivity index (χ4v) is 3.04. The summed E-state index contributed by atoms with van der Waals surface area (Å²) in [6.45, 7) is 0. The minimum atomic E-state index is -0.0258. The number of nitrogens with zero attached hydrogens (tertiary/aromatic N) is 2. The minimum Gasteiger partial charge on any atom is -0.378 e. The first-order valence-corrected chi connectivity index (χ1v) is 6.35. The van der Waals surface area contributed by atoms with Crippen LogP contribution in [0.1, 0.15) is 37.4 Å². The van der Waals surface area contributed by atoms with Crippen molar-refractivity contribution in [3.05, 3.63) is 16.4 Å². The molecule has 2 rings (SSSR count). The van der Waals surface area contributed by atoms with Crippen molar-refractivity contribution in [1.29, 1.82) is 0 Å². The number of rotatable bonds is 4. The van der Waals surface area contributed by atoms with Crippen LogP contribution in [0.4, 0.5) is 0 Å². The van der Waals surface area contributed by atoms with Gasteiger partial charge in [-0.25, -0.2) is 0 Å². The molecule has 1 aliphatic rings. The zero-order valence-corrected chi connectivity index (χ0v) is 11.3. The molecule has 5 heteroatoms. The third kappa shape index (κ3) is 2.04. The van der Waals surface area contributed by atoms with E-state index in [1.54, 1.807) is 13.3 Å². The van der Waals surface area contributed by atoms with E-state index in [2.05, 4.69) is 21.0 Å². The first-order chi connectivity index (χ1) is 7.58. The summed E-state index contributed by atoms with van der Waals surface area (Å²) >= 11 is 3.48. The van der Waals surface area contributed by atoms with Gasteiger partial charge in [-0.1, -0.05) is 0 Å². The number of hydrogen-bond acceptors (Lipinski definition) is 3. The van der Waals surface area contributed by atoms with Crippen LogP contribution in [0.2, 0.25) is 0 Å². The highest BCUT2D eigenvalue weighted by atomic mass is 79.9. The summed E-state index contributed by atoms with van der Waals surface area (Å²) in [6.07, 6.45) is 6.13. The number of aryl methyl sites for hydroxylation is 1. The number of hydrogen-bond donors (Lipinski definition) is 1. The normalized spacial score (nSPS) is 20.5. The maximum absolute atomic E-state index is 6.24. The molecule has 1 heterocycles. The minimum absolute atomic E-state index is 0.00310. The lowest BCUT2D eigenvalue weighted by Crippen LogP contribution is -2.42. The fraction of sp³-hybridized carbons (Fsp3) is 0.727. The molecule has 90 valence electrons. The lowest BCUT2D eigenvalue weighted by atomic mass is 9.75. The summed E-state index contributed by atoms with van der Waals surface area (Å²) in [5.74, 6) is 0. The molecular weight excluding hydrogens is 270 g/mol. The van der Waals surface area contributed by atoms with Crippen molar-refractivity contribution >= 4 is 15.9 Å². The van der Waals surface area contributed by atoms with E-state index in [1.165, 1.54) is 6.42 Å². The average molecular weight is 288 g/mol. The zero-order valence-electron chi connectivity index (χ0n) is 9.74. The topological polar surface area (TPSA) is 53.1 Å². The van der Waals surface area contributed by atoms with Crippen LogP contribution < -0.4 is 5.73 Å². The van der Waals surface area contributed by atoms with Gasteiger partial charge in [0, 0.05) is 14.2 Å². The highest BCUT2D eigenvalue weighted by molar-refractivity contribution is 9.10. The van der Waals surface area contributed by atoms with Crippen molar-refractivity contribution < 1.29 is 4.74 Å². The Kier molecular flexibility index (Phi) is 3.37. The first kappa shape index (κ1) is 12.1. The third-order valence-corrected chi connectivity index (χ3v) is 4.19. The molecule has 1 aromatic heterocycles. The van der Waals surface area contributed by atoms with Crippen molar-refractivity contribution in [2.75, 3.05) is 7.11 Å². The second-order valence-electron chi connectivity index (χ2n) is 4.55. The summed E-state index contributed by atoms with van der Waals surface area (Å²) in [5, 5.41) is 4.19. The standard InChI is InChI=1S/C11H18BrN3O/c1-15-10(8(12)7-14-15)9(13)6-11(16-2)4-3-5-11/h7,9H,3-6,13H2,1-2H3. The monoisotopic (exact) mass is 287 g/mol. The quantitative estimate of drug-likeness (QED) is 0.923. The Labute approximate surface area is 104 Å². The predicted octanol–water partition coefficient (Wildman–Crippen LogP) is 2.14. The van der Waals surface area contributed by atoms with E-state index >= 15 is 0 Å². The van der Waals surface area contributed by atoms with Crippen LogP contribution in [0.5, 0.6) is 0 Å². The van der Waals surface area contributed by atoms with Crippen LogP contribution in [-0.4, -0.2) is 22.5 Å². The van der Waals surface area contributed by atoms with Gasteiger partial charge in [-0.2, -0.15) is 5.10 Å². The largest absolute Gasteiger partial charge is 0.378 e. The second-order valence-corrected chi connectivity index (χ2v) is 5.41. The number of aromatic nitrogens is 2. The van der Waals surface area contributed by atoms with E-state index in [4.69, 9.17) is 10.5 Å². The Morgan fingerprint density at radius 2 is 2.38 bits per heavy atom. The molecule has 1 atom stereocenters. The molecule has 0 saturated heterocycles. The highest BCUT2D eigenvalue weighted by Gasteiger charge is 2.39. The predicted molar refractivity (Wildman–Crippen MR) is 66.0 cm³/mol. The Balaban J connectivity index is 2.11. The molecule has 0 aliphatic heterocycles. The van der Waals surface area contributed by atoms with Crippen molar-refractivity contribution in [2.45, 2.75) is 37.3 Å². The van der Waals surface area contributed by atoms with Gasteiger partial charge in [-0.15, -0.1) is 0 Å². The van der Waals surface area contributed by atoms with Gasteiger partial charge in [0.2, 0.25) is 0 Å². The van der Waals surface area contributed by atoms with E-state index < -0.39 is 0 Å². The molecule has 4 nitrogen and oxygen atoms in total. The van der Waals surface area contributed by atoms with Crippen LogP contribution in [0.25, 0.3) is 0 Å². The molecule has 1 aromatic rings. The van der Waals surface area contributed by atoms with Crippen LogP contribution in [0.3, 0.4) is 0 Å². The smallest absolute Gasteiger partial charge is 0.0697 e. The van der Waals surface area contributed by atoms with E-state index in [-0.39, 0.29) is 11.6 Å². The maximum atomic E-state index is 6.24. The third-order valence-electron chi connectivity index (χ3n) is 3.58. The average Bonchev–Trinajstić information content (AvgIpc) is 2.52. The Morgan fingerprint density at radius 3 is 2.75 bits per heavy atom. The summed E-state index contributed by atoms with van der Waals surface area (Å²) in [7, 11) is 3.70. The van der Waals surface area contributed by atoms with Gasteiger partial charge >= 0.3 is 0 Å². The molecule has 0 radical (unpaired) electrons. The molecule has 2 N–H and O–H groups in total. The number of halogens is 1. The first-order valence-electron chi connectivity index (χ1n) is 5.56. The summed E-state index contributed by atoms with van der Waals surface area (Å²) in [4.78, 5) is 0. The Hall–Kier alpha value is -0.390. The summed E-state index contributed by atoms with van der Waals surface area (Å²) < 4.78 is 8.41. The molecule has 0 spiro atoms. The fourth-order valence-electron chi connectivity index (χ4n) is 2.40. The summed E-state index contributed by atoms with van der Waals surface area (Å²) in [6, 6.07) is -0.0258. The summed E-state index contributed by atoms with van der Waals surface area (Å²) in [5.41, 5.74) is 7.29. The molecule has 16 heavy (non-hydrogen) atoms. The van der Waals surface area contributed by atoms with Gasteiger partial charge in [-0.05, 0) is 41.6 Å². The van der Waals surface area contributed by atoms with Gasteiger partial charge in [0.15, 0.2) is 0 Å². The van der Waals surface area contributed by atoms with Crippen molar-refractivity contribution in [1.82, 2.24) is 9.78 Å². The van der Waals surface area contributed by atoms with Crippen molar-refractivity contribution in [3.63, 3.8) is 0 Å². The lowest BCUT2D eigenvalue weighted by Gasteiger charge is -2.42. The molecule has 1 aliphatic carbocycles. The van der Waals surface area contributed by atoms with Gasteiger partial charge in [0.1, 0.15) is 0 Å². The van der Waals surface area contributed by atoms with E-state index in [0.29, 0.717) is 0 Å². The number of ether oxygens (including phenoxy) is 1. The van der Waals surface area contributed by atoms with Crippen LogP contribution in [0, 0.1) is 0 Å². The molecule has 1 unspecified atom stereocenters. The Bertz CT molecular complexity index is 348. The SMILES string of the molecule is COC1(CC(N)c2c(Br)cnn2C)CCC1. The molecule has 0 bridgehead atoms. The van der Waals surface area contributed by atoms with E-state index in [1.807, 2.05) is 11.7 Å². The number of nitrogens with two attached hydrogens (primary N) is 1. The van der Waals surface area contributed by atoms with Gasteiger partial charge in [-0.3, -0.25) is 4.68 Å². The van der Waals surface area contributed by atoms with Gasteiger partial charge in [0.05, 0.1) is 28.0 Å². The molecule has 0 amide bonds. The number of methoxy groups -OCH3 is 1. The van der Waals surface area contributed by atoms with Crippen LogP contribution in [0.15, 0.2) is 10.7 Å². The van der Waals surface area contributed by atoms with E-state index in [9.17, 15) is 0 Å². The lowest BCUT2D eigenvalue weighted by molar-refractivity contribution is -0.0820. The van der Waals surface area contributed by atoms with Gasteiger partial charge in [0.25, 0.3) is 0 Å².